The highest BCUT2D eigenvalue weighted by Gasteiger charge is 2.25. The van der Waals surface area contributed by atoms with Crippen LogP contribution in [0.3, 0.4) is 0 Å². The number of aliphatic hydroxyl groups is 1. The predicted molar refractivity (Wildman–Crippen MR) is 102 cm³/mol. The zero-order chi connectivity index (χ0) is 19.1. The summed E-state index contributed by atoms with van der Waals surface area (Å²) in [7, 11) is 3.87. The monoisotopic (exact) mass is 369 g/mol. The highest BCUT2D eigenvalue weighted by atomic mass is 16.3. The van der Waals surface area contributed by atoms with Crippen LogP contribution in [0.2, 0.25) is 0 Å². The number of aliphatic hydroxyl groups excluding tert-OH is 1. The van der Waals surface area contributed by atoms with Crippen molar-refractivity contribution in [3.05, 3.63) is 23.3 Å². The summed E-state index contributed by atoms with van der Waals surface area (Å²) in [4.78, 5) is 4.86. The van der Waals surface area contributed by atoms with Gasteiger partial charge in [0, 0.05) is 31.3 Å². The van der Waals surface area contributed by atoms with Gasteiger partial charge in [-0.25, -0.2) is 9.67 Å². The summed E-state index contributed by atoms with van der Waals surface area (Å²) in [6, 6.07) is 2.05. The van der Waals surface area contributed by atoms with Crippen LogP contribution in [0.15, 0.2) is 6.07 Å². The minimum absolute atomic E-state index is 0.0337. The van der Waals surface area contributed by atoms with Gasteiger partial charge in [-0.05, 0) is 32.8 Å². The second-order valence-corrected chi connectivity index (χ2v) is 7.43. The highest BCUT2D eigenvalue weighted by molar-refractivity contribution is 5.69. The third-order valence-electron chi connectivity index (χ3n) is 5.59. The van der Waals surface area contributed by atoms with Crippen molar-refractivity contribution in [1.29, 1.82) is 0 Å². The van der Waals surface area contributed by atoms with E-state index in [4.69, 9.17) is 15.2 Å². The topological polar surface area (TPSA) is 86.6 Å². The third kappa shape index (κ3) is 3.07. The van der Waals surface area contributed by atoms with Gasteiger partial charge in [0.15, 0.2) is 11.6 Å². The van der Waals surface area contributed by atoms with Crippen molar-refractivity contribution in [2.45, 2.75) is 52.0 Å². The van der Waals surface area contributed by atoms with E-state index in [1.165, 1.54) is 12.8 Å². The molecule has 0 unspecified atom stereocenters. The van der Waals surface area contributed by atoms with Crippen LogP contribution in [0.1, 0.15) is 48.8 Å². The molecule has 1 aliphatic carbocycles. The van der Waals surface area contributed by atoms with E-state index in [2.05, 4.69) is 12.0 Å². The van der Waals surface area contributed by atoms with Crippen LogP contribution < -0.4 is 0 Å². The molecule has 0 amide bonds. The molecule has 1 fully saturated rings. The standard InChI is InChI=1S/C19H27N7O/c1-12-17(13(2)24(3)21-12)15-11-16(25(4)22-15)19-20-18(14-7-5-6-8-14)23-26(19)9-10-27/h11,14,27H,5-10H2,1-4H3. The van der Waals surface area contributed by atoms with Crippen molar-refractivity contribution in [2.24, 2.45) is 14.1 Å². The summed E-state index contributed by atoms with van der Waals surface area (Å²) >= 11 is 0. The number of hydrogen-bond acceptors (Lipinski definition) is 5. The second-order valence-electron chi connectivity index (χ2n) is 7.43. The number of aromatic nitrogens is 7. The van der Waals surface area contributed by atoms with Crippen LogP contribution in [0, 0.1) is 13.8 Å². The van der Waals surface area contributed by atoms with Gasteiger partial charge in [-0.2, -0.15) is 15.3 Å². The van der Waals surface area contributed by atoms with Crippen molar-refractivity contribution in [3.8, 4) is 22.8 Å². The zero-order valence-corrected chi connectivity index (χ0v) is 16.5. The Labute approximate surface area is 158 Å². The normalized spacial score (nSPS) is 15.1. The average Bonchev–Trinajstić information content (AvgIpc) is 3.37. The lowest BCUT2D eigenvalue weighted by atomic mass is 10.1. The van der Waals surface area contributed by atoms with Gasteiger partial charge >= 0.3 is 0 Å². The molecule has 0 bridgehead atoms. The number of nitrogens with zero attached hydrogens (tertiary/aromatic N) is 7. The summed E-state index contributed by atoms with van der Waals surface area (Å²) in [6.45, 7) is 4.52. The molecular weight excluding hydrogens is 342 g/mol. The Balaban J connectivity index is 1.78. The minimum Gasteiger partial charge on any atom is -0.394 e. The molecule has 8 heteroatoms. The van der Waals surface area contributed by atoms with Crippen LogP contribution in [-0.4, -0.2) is 46.0 Å². The molecule has 0 spiro atoms. The van der Waals surface area contributed by atoms with Gasteiger partial charge in [0.05, 0.1) is 24.5 Å². The third-order valence-corrected chi connectivity index (χ3v) is 5.59. The molecule has 3 aromatic rings. The van der Waals surface area contributed by atoms with Crippen LogP contribution in [0.5, 0.6) is 0 Å². The summed E-state index contributed by atoms with van der Waals surface area (Å²) in [5.41, 5.74) is 4.89. The first-order valence-electron chi connectivity index (χ1n) is 9.60. The lowest BCUT2D eigenvalue weighted by Crippen LogP contribution is -2.08. The molecule has 0 saturated heterocycles. The SMILES string of the molecule is Cc1nn(C)c(C)c1-c1cc(-c2nc(C3CCCC3)nn2CCO)n(C)n1. The van der Waals surface area contributed by atoms with Gasteiger partial charge in [0.25, 0.3) is 0 Å². The molecule has 27 heavy (non-hydrogen) atoms. The maximum absolute atomic E-state index is 9.47. The largest absolute Gasteiger partial charge is 0.394 e. The van der Waals surface area contributed by atoms with Gasteiger partial charge in [-0.15, -0.1) is 0 Å². The summed E-state index contributed by atoms with van der Waals surface area (Å²) in [5.74, 6) is 2.10. The first-order valence-corrected chi connectivity index (χ1v) is 9.60. The van der Waals surface area contributed by atoms with E-state index in [9.17, 15) is 5.11 Å². The van der Waals surface area contributed by atoms with Crippen molar-refractivity contribution in [3.63, 3.8) is 0 Å². The highest BCUT2D eigenvalue weighted by Crippen LogP contribution is 2.34. The first-order chi connectivity index (χ1) is 13.0. The van der Waals surface area contributed by atoms with Gasteiger partial charge < -0.3 is 5.11 Å². The summed E-state index contributed by atoms with van der Waals surface area (Å²) < 4.78 is 5.54. The molecule has 0 radical (unpaired) electrons. The molecule has 1 N–H and O–H groups in total. The molecule has 8 nitrogen and oxygen atoms in total. The fourth-order valence-corrected chi connectivity index (χ4v) is 4.10. The maximum Gasteiger partial charge on any atom is 0.176 e. The Morgan fingerprint density at radius 3 is 2.44 bits per heavy atom. The zero-order valence-electron chi connectivity index (χ0n) is 16.5. The molecule has 0 aromatic carbocycles. The van der Waals surface area contributed by atoms with Crippen LogP contribution in [-0.2, 0) is 20.6 Å². The Morgan fingerprint density at radius 2 is 1.81 bits per heavy atom. The molecule has 1 saturated carbocycles. The maximum atomic E-state index is 9.47. The lowest BCUT2D eigenvalue weighted by Gasteiger charge is -2.03. The molecule has 0 aliphatic heterocycles. The lowest BCUT2D eigenvalue weighted by molar-refractivity contribution is 0.269. The average molecular weight is 369 g/mol. The van der Waals surface area contributed by atoms with Crippen LogP contribution in [0.4, 0.5) is 0 Å². The molecular formula is C19H27N7O. The van der Waals surface area contributed by atoms with Gasteiger partial charge in [-0.3, -0.25) is 9.36 Å². The van der Waals surface area contributed by atoms with E-state index in [1.54, 1.807) is 0 Å². The van der Waals surface area contributed by atoms with E-state index < -0.39 is 0 Å². The van der Waals surface area contributed by atoms with Crippen LogP contribution >= 0.6 is 0 Å². The quantitative estimate of drug-likeness (QED) is 0.746. The van der Waals surface area contributed by atoms with E-state index >= 15 is 0 Å². The second kappa shape index (κ2) is 6.92. The predicted octanol–water partition coefficient (Wildman–Crippen LogP) is 2.35. The van der Waals surface area contributed by atoms with E-state index in [0.717, 1.165) is 52.8 Å². The minimum atomic E-state index is 0.0337. The molecule has 0 atom stereocenters. The Bertz CT molecular complexity index is 959. The van der Waals surface area contributed by atoms with Gasteiger partial charge in [0.2, 0.25) is 0 Å². The molecule has 4 rings (SSSR count). The molecule has 144 valence electrons. The van der Waals surface area contributed by atoms with E-state index in [0.29, 0.717) is 12.5 Å². The molecule has 1 aliphatic rings. The smallest absolute Gasteiger partial charge is 0.176 e. The molecule has 3 aromatic heterocycles. The van der Waals surface area contributed by atoms with Gasteiger partial charge in [-0.1, -0.05) is 12.8 Å². The van der Waals surface area contributed by atoms with Crippen molar-refractivity contribution < 1.29 is 5.11 Å². The fourth-order valence-electron chi connectivity index (χ4n) is 4.10. The fraction of sp³-hybridized carbons (Fsp3) is 0.579. The Kier molecular flexibility index (Phi) is 4.59. The first kappa shape index (κ1) is 17.9. The van der Waals surface area contributed by atoms with Crippen molar-refractivity contribution in [1.82, 2.24) is 34.3 Å². The van der Waals surface area contributed by atoms with Gasteiger partial charge in [0.1, 0.15) is 5.69 Å². The Morgan fingerprint density at radius 1 is 1.07 bits per heavy atom. The summed E-state index contributed by atoms with van der Waals surface area (Å²) in [6.07, 6.45) is 4.77. The molecule has 3 heterocycles. The van der Waals surface area contributed by atoms with E-state index in [1.807, 2.05) is 41.1 Å². The van der Waals surface area contributed by atoms with Crippen LogP contribution in [0.25, 0.3) is 22.8 Å². The Hall–Kier alpha value is -2.48. The van der Waals surface area contributed by atoms with Crippen molar-refractivity contribution in [2.75, 3.05) is 6.61 Å². The summed E-state index contributed by atoms with van der Waals surface area (Å²) in [5, 5.41) is 23.4. The number of rotatable bonds is 5. The number of aryl methyl sites for hydroxylation is 3. The number of hydrogen-bond donors (Lipinski definition) is 1. The van der Waals surface area contributed by atoms with E-state index in [-0.39, 0.29) is 6.61 Å². The van der Waals surface area contributed by atoms with Crippen molar-refractivity contribution >= 4 is 0 Å².